The third-order valence-electron chi connectivity index (χ3n) is 5.15. The van der Waals surface area contributed by atoms with E-state index in [4.69, 9.17) is 4.74 Å². The van der Waals surface area contributed by atoms with Gasteiger partial charge in [0.2, 0.25) is 0 Å². The molecule has 176 valence electrons. The van der Waals surface area contributed by atoms with Gasteiger partial charge in [0.05, 0.1) is 0 Å². The lowest BCUT2D eigenvalue weighted by atomic mass is 10.1. The molecule has 3 N–H and O–H groups in total. The second kappa shape index (κ2) is 13.7. The van der Waals surface area contributed by atoms with Gasteiger partial charge in [-0.2, -0.15) is 0 Å². The first kappa shape index (κ1) is 26.5. The van der Waals surface area contributed by atoms with Gasteiger partial charge in [-0.05, 0) is 40.2 Å². The van der Waals surface area contributed by atoms with Crippen molar-refractivity contribution in [3.63, 3.8) is 0 Å². The molecule has 1 rings (SSSR count). The van der Waals surface area contributed by atoms with Crippen molar-refractivity contribution in [1.82, 2.24) is 25.8 Å². The summed E-state index contributed by atoms with van der Waals surface area (Å²) in [7, 11) is 3.98. The standard InChI is InChI=1S/C22H46N6O2/c1-8-9-10-19(16-25-21(29)30-22(3,4)5)26-20(23-6)24-15-18(2)17-28-13-11-27(7)12-14-28/h18-19H,8-17H2,1-7H3,(H,25,29)(H2,23,24,26). The molecular formula is C22H46N6O2. The van der Waals surface area contributed by atoms with Crippen molar-refractivity contribution < 1.29 is 9.53 Å². The zero-order valence-corrected chi connectivity index (χ0v) is 20.4. The van der Waals surface area contributed by atoms with Crippen molar-refractivity contribution in [3.8, 4) is 0 Å². The molecule has 0 saturated carbocycles. The Labute approximate surface area is 184 Å². The summed E-state index contributed by atoms with van der Waals surface area (Å²) in [5, 5.41) is 9.81. The molecule has 1 fully saturated rings. The number of guanidine groups is 1. The SMILES string of the molecule is CCCCC(CNC(=O)OC(C)(C)C)NC(=NC)NCC(C)CN1CCN(C)CC1. The van der Waals surface area contributed by atoms with Gasteiger partial charge < -0.3 is 30.5 Å². The number of aliphatic imine (C=N–C) groups is 1. The maximum absolute atomic E-state index is 12.0. The number of unbranched alkanes of at least 4 members (excludes halogenated alkanes) is 1. The number of piperazine rings is 1. The van der Waals surface area contributed by atoms with E-state index in [-0.39, 0.29) is 12.1 Å². The Bertz CT molecular complexity index is 512. The Hall–Kier alpha value is -1.54. The number of rotatable bonds is 10. The fourth-order valence-electron chi connectivity index (χ4n) is 3.39. The molecule has 2 unspecified atom stereocenters. The number of hydrogen-bond donors (Lipinski definition) is 3. The third-order valence-corrected chi connectivity index (χ3v) is 5.15. The van der Waals surface area contributed by atoms with E-state index in [0.717, 1.165) is 64.5 Å². The lowest BCUT2D eigenvalue weighted by Gasteiger charge is -2.34. The smallest absolute Gasteiger partial charge is 0.407 e. The molecule has 1 heterocycles. The van der Waals surface area contributed by atoms with E-state index < -0.39 is 5.60 Å². The van der Waals surface area contributed by atoms with Gasteiger partial charge in [0.15, 0.2) is 5.96 Å². The monoisotopic (exact) mass is 426 g/mol. The first-order valence-electron chi connectivity index (χ1n) is 11.5. The molecule has 0 aromatic rings. The lowest BCUT2D eigenvalue weighted by Crippen LogP contribution is -2.50. The highest BCUT2D eigenvalue weighted by Gasteiger charge is 2.19. The van der Waals surface area contributed by atoms with Gasteiger partial charge in [-0.3, -0.25) is 4.99 Å². The molecule has 8 heteroatoms. The highest BCUT2D eigenvalue weighted by Crippen LogP contribution is 2.07. The average Bonchev–Trinajstić information content (AvgIpc) is 2.67. The Morgan fingerprint density at radius 2 is 1.80 bits per heavy atom. The van der Waals surface area contributed by atoms with Crippen molar-refractivity contribution in [3.05, 3.63) is 0 Å². The first-order chi connectivity index (χ1) is 14.1. The van der Waals surface area contributed by atoms with Crippen LogP contribution in [0.15, 0.2) is 4.99 Å². The summed E-state index contributed by atoms with van der Waals surface area (Å²) in [6, 6.07) is 0.108. The van der Waals surface area contributed by atoms with Gasteiger partial charge in [-0.1, -0.05) is 26.7 Å². The molecule has 2 atom stereocenters. The molecule has 0 aromatic carbocycles. The van der Waals surface area contributed by atoms with Crippen LogP contribution in [-0.2, 0) is 4.74 Å². The molecule has 1 amide bonds. The number of likely N-dealkylation sites (N-methyl/N-ethyl adjacent to an activating group) is 1. The van der Waals surface area contributed by atoms with Crippen LogP contribution in [-0.4, -0.2) is 93.4 Å². The molecule has 1 saturated heterocycles. The number of amides is 1. The molecule has 1 aliphatic rings. The van der Waals surface area contributed by atoms with Crippen molar-refractivity contribution in [2.45, 2.75) is 65.5 Å². The van der Waals surface area contributed by atoms with Crippen molar-refractivity contribution in [2.24, 2.45) is 10.9 Å². The molecule has 0 radical (unpaired) electrons. The predicted octanol–water partition coefficient (Wildman–Crippen LogP) is 2.12. The number of hydrogen-bond acceptors (Lipinski definition) is 5. The molecular weight excluding hydrogens is 380 g/mol. The number of nitrogens with one attached hydrogen (secondary N) is 3. The minimum atomic E-state index is -0.492. The average molecular weight is 427 g/mol. The lowest BCUT2D eigenvalue weighted by molar-refractivity contribution is 0.0523. The summed E-state index contributed by atoms with van der Waals surface area (Å²) in [4.78, 5) is 21.3. The van der Waals surface area contributed by atoms with E-state index in [1.807, 2.05) is 20.8 Å². The summed E-state index contributed by atoms with van der Waals surface area (Å²) in [6.45, 7) is 17.1. The summed E-state index contributed by atoms with van der Waals surface area (Å²) in [5.74, 6) is 1.31. The van der Waals surface area contributed by atoms with Crippen molar-refractivity contribution in [1.29, 1.82) is 0 Å². The highest BCUT2D eigenvalue weighted by molar-refractivity contribution is 5.80. The topological polar surface area (TPSA) is 81.2 Å². The summed E-state index contributed by atoms with van der Waals surface area (Å²) >= 11 is 0. The zero-order valence-electron chi connectivity index (χ0n) is 20.4. The van der Waals surface area contributed by atoms with Gasteiger partial charge in [0, 0.05) is 58.9 Å². The minimum Gasteiger partial charge on any atom is -0.444 e. The van der Waals surface area contributed by atoms with Crippen molar-refractivity contribution >= 4 is 12.1 Å². The van der Waals surface area contributed by atoms with E-state index in [0.29, 0.717) is 12.5 Å². The van der Waals surface area contributed by atoms with Crippen LogP contribution in [0.5, 0.6) is 0 Å². The molecule has 0 aliphatic carbocycles. The number of ether oxygens (including phenoxy) is 1. The van der Waals surface area contributed by atoms with Gasteiger partial charge in [-0.25, -0.2) is 4.79 Å². The summed E-state index contributed by atoms with van der Waals surface area (Å²) in [6.07, 6.45) is 2.78. The Balaban J connectivity index is 2.44. The maximum Gasteiger partial charge on any atom is 0.407 e. The Morgan fingerprint density at radius 3 is 2.37 bits per heavy atom. The third kappa shape index (κ3) is 12.2. The van der Waals surface area contributed by atoms with Gasteiger partial charge in [-0.15, -0.1) is 0 Å². The fourth-order valence-corrected chi connectivity index (χ4v) is 3.39. The van der Waals surface area contributed by atoms with E-state index in [2.05, 4.69) is 51.6 Å². The van der Waals surface area contributed by atoms with Crippen LogP contribution in [0.3, 0.4) is 0 Å². The molecule has 0 aromatic heterocycles. The van der Waals surface area contributed by atoms with Crippen LogP contribution in [0, 0.1) is 5.92 Å². The Morgan fingerprint density at radius 1 is 1.13 bits per heavy atom. The van der Waals surface area contributed by atoms with Crippen molar-refractivity contribution in [2.75, 3.05) is 59.9 Å². The number of carbonyl (C=O) groups excluding carboxylic acids is 1. The number of alkyl carbamates (subject to hydrolysis) is 1. The second-order valence-electron chi connectivity index (χ2n) is 9.53. The molecule has 0 bridgehead atoms. The van der Waals surface area contributed by atoms with Crippen LogP contribution in [0.25, 0.3) is 0 Å². The van der Waals surface area contributed by atoms with E-state index >= 15 is 0 Å². The van der Waals surface area contributed by atoms with Crippen LogP contribution in [0.4, 0.5) is 4.79 Å². The van der Waals surface area contributed by atoms with Crippen LogP contribution < -0.4 is 16.0 Å². The van der Waals surface area contributed by atoms with Gasteiger partial charge in [0.1, 0.15) is 5.60 Å². The normalized spacial score (nSPS) is 18.6. The first-order valence-corrected chi connectivity index (χ1v) is 11.5. The van der Waals surface area contributed by atoms with E-state index in [9.17, 15) is 4.79 Å². The number of nitrogens with zero attached hydrogens (tertiary/aromatic N) is 3. The fraction of sp³-hybridized carbons (Fsp3) is 0.909. The second-order valence-corrected chi connectivity index (χ2v) is 9.53. The van der Waals surface area contributed by atoms with Crippen LogP contribution in [0.2, 0.25) is 0 Å². The molecule has 30 heavy (non-hydrogen) atoms. The van der Waals surface area contributed by atoms with E-state index in [1.54, 1.807) is 7.05 Å². The van der Waals surface area contributed by atoms with Gasteiger partial charge in [0.25, 0.3) is 0 Å². The molecule has 1 aliphatic heterocycles. The van der Waals surface area contributed by atoms with Crippen LogP contribution >= 0.6 is 0 Å². The maximum atomic E-state index is 12.0. The summed E-state index contributed by atoms with van der Waals surface area (Å²) in [5.41, 5.74) is -0.492. The van der Waals surface area contributed by atoms with Crippen LogP contribution in [0.1, 0.15) is 53.9 Å². The predicted molar refractivity (Wildman–Crippen MR) is 125 cm³/mol. The highest BCUT2D eigenvalue weighted by atomic mass is 16.6. The zero-order chi connectivity index (χ0) is 22.6. The molecule has 8 nitrogen and oxygen atoms in total. The van der Waals surface area contributed by atoms with E-state index in [1.165, 1.54) is 0 Å². The quantitative estimate of drug-likeness (QED) is 0.367. The van der Waals surface area contributed by atoms with Gasteiger partial charge >= 0.3 is 6.09 Å². The molecule has 0 spiro atoms. The largest absolute Gasteiger partial charge is 0.444 e. The Kier molecular flexibility index (Phi) is 12.1. The minimum absolute atomic E-state index is 0.108. The number of carbonyl (C=O) groups is 1. The summed E-state index contributed by atoms with van der Waals surface area (Å²) < 4.78 is 5.35.